The minimum Gasteiger partial charge on any atom is -0.349 e. The van der Waals surface area contributed by atoms with E-state index in [0.29, 0.717) is 0 Å². The van der Waals surface area contributed by atoms with Crippen molar-refractivity contribution in [1.29, 1.82) is 0 Å². The van der Waals surface area contributed by atoms with Gasteiger partial charge in [-0.05, 0) is 38.1 Å². The fourth-order valence-corrected chi connectivity index (χ4v) is 1.96. The summed E-state index contributed by atoms with van der Waals surface area (Å²) >= 11 is 5.90. The lowest BCUT2D eigenvalue weighted by Gasteiger charge is -2.12. The zero-order valence-electron chi connectivity index (χ0n) is 12.8. The number of alkyl halides is 3. The Labute approximate surface area is 141 Å². The van der Waals surface area contributed by atoms with Crippen LogP contribution in [0.1, 0.15) is 29.9 Å². The van der Waals surface area contributed by atoms with Gasteiger partial charge in [-0.25, -0.2) is 9.97 Å². The number of carbonyl (C=O) groups is 1. The predicted molar refractivity (Wildman–Crippen MR) is 84.4 cm³/mol. The number of halogens is 4. The highest BCUT2D eigenvalue weighted by Crippen LogP contribution is 2.34. The topological polar surface area (TPSA) is 66.9 Å². The first kappa shape index (κ1) is 18.0. The number of hydrogen-bond acceptors (Lipinski definition) is 4. The molecule has 0 atom stereocenters. The lowest BCUT2D eigenvalue weighted by Crippen LogP contribution is -2.30. The second kappa shape index (κ2) is 7.04. The van der Waals surface area contributed by atoms with Gasteiger partial charge in [-0.1, -0.05) is 11.6 Å². The zero-order valence-corrected chi connectivity index (χ0v) is 13.5. The third-order valence-corrected chi connectivity index (χ3v) is 3.18. The standard InChI is InChI=1S/C15H14ClF3N4O/c1-8(2)21-13(24)11-5-6-20-14(22-11)23-12-7-9(15(17,18)19)3-4-10(12)16/h3-8H,1-2H3,(H,21,24)(H,20,22,23). The maximum Gasteiger partial charge on any atom is 0.416 e. The molecule has 5 nitrogen and oxygen atoms in total. The molecule has 1 aromatic heterocycles. The molecule has 0 aliphatic rings. The summed E-state index contributed by atoms with van der Waals surface area (Å²) in [4.78, 5) is 19.8. The van der Waals surface area contributed by atoms with Gasteiger partial charge in [-0.2, -0.15) is 13.2 Å². The Morgan fingerprint density at radius 1 is 1.25 bits per heavy atom. The Bertz CT molecular complexity index is 750. The van der Waals surface area contributed by atoms with Crippen molar-refractivity contribution in [3.63, 3.8) is 0 Å². The fraction of sp³-hybridized carbons (Fsp3) is 0.267. The number of amides is 1. The summed E-state index contributed by atoms with van der Waals surface area (Å²) in [5.74, 6) is -0.446. The Kier molecular flexibility index (Phi) is 5.28. The van der Waals surface area contributed by atoms with E-state index in [0.717, 1.165) is 18.2 Å². The summed E-state index contributed by atoms with van der Waals surface area (Å²) in [5, 5.41) is 5.33. The van der Waals surface area contributed by atoms with Gasteiger partial charge in [0.15, 0.2) is 0 Å². The van der Waals surface area contributed by atoms with Crippen LogP contribution in [-0.4, -0.2) is 21.9 Å². The summed E-state index contributed by atoms with van der Waals surface area (Å²) < 4.78 is 38.3. The van der Waals surface area contributed by atoms with E-state index >= 15 is 0 Å². The quantitative estimate of drug-likeness (QED) is 0.866. The minimum absolute atomic E-state index is 0.00657. The van der Waals surface area contributed by atoms with Crippen LogP contribution in [0.2, 0.25) is 5.02 Å². The summed E-state index contributed by atoms with van der Waals surface area (Å²) in [7, 11) is 0. The number of nitrogens with zero attached hydrogens (tertiary/aromatic N) is 2. The normalized spacial score (nSPS) is 11.5. The van der Waals surface area contributed by atoms with Gasteiger partial charge >= 0.3 is 6.18 Å². The van der Waals surface area contributed by atoms with Gasteiger partial charge in [-0.3, -0.25) is 4.79 Å². The molecule has 0 unspecified atom stereocenters. The molecule has 1 heterocycles. The molecule has 2 N–H and O–H groups in total. The summed E-state index contributed by atoms with van der Waals surface area (Å²) in [6.45, 7) is 3.58. The molecule has 0 saturated carbocycles. The first-order chi connectivity index (χ1) is 11.2. The number of hydrogen-bond donors (Lipinski definition) is 2. The first-order valence-electron chi connectivity index (χ1n) is 6.94. The van der Waals surface area contributed by atoms with Gasteiger partial charge in [0.1, 0.15) is 5.69 Å². The molecular weight excluding hydrogens is 345 g/mol. The molecule has 0 aliphatic heterocycles. The van der Waals surface area contributed by atoms with Crippen molar-refractivity contribution >= 4 is 29.1 Å². The van der Waals surface area contributed by atoms with E-state index in [1.54, 1.807) is 13.8 Å². The fourth-order valence-electron chi connectivity index (χ4n) is 1.80. The molecule has 128 valence electrons. The van der Waals surface area contributed by atoms with Crippen LogP contribution in [0, 0.1) is 0 Å². The van der Waals surface area contributed by atoms with Gasteiger partial charge in [-0.15, -0.1) is 0 Å². The summed E-state index contributed by atoms with van der Waals surface area (Å²) in [6.07, 6.45) is -3.17. The van der Waals surface area contributed by atoms with Crippen molar-refractivity contribution < 1.29 is 18.0 Å². The van der Waals surface area contributed by atoms with Crippen molar-refractivity contribution in [3.8, 4) is 0 Å². The number of carbonyl (C=O) groups excluding carboxylic acids is 1. The highest BCUT2D eigenvalue weighted by molar-refractivity contribution is 6.33. The highest BCUT2D eigenvalue weighted by Gasteiger charge is 2.31. The molecule has 24 heavy (non-hydrogen) atoms. The largest absolute Gasteiger partial charge is 0.416 e. The van der Waals surface area contributed by atoms with Crippen LogP contribution < -0.4 is 10.6 Å². The van der Waals surface area contributed by atoms with E-state index in [2.05, 4.69) is 20.6 Å². The van der Waals surface area contributed by atoms with Crippen LogP contribution in [0.15, 0.2) is 30.5 Å². The Morgan fingerprint density at radius 3 is 2.58 bits per heavy atom. The van der Waals surface area contributed by atoms with Gasteiger partial charge in [0.25, 0.3) is 5.91 Å². The van der Waals surface area contributed by atoms with Crippen LogP contribution in [-0.2, 0) is 6.18 Å². The molecule has 0 spiro atoms. The lowest BCUT2D eigenvalue weighted by atomic mass is 10.2. The SMILES string of the molecule is CC(C)NC(=O)c1ccnc(Nc2cc(C(F)(F)F)ccc2Cl)n1. The van der Waals surface area contributed by atoms with Crippen LogP contribution in [0.3, 0.4) is 0 Å². The average Bonchev–Trinajstić information content (AvgIpc) is 2.48. The van der Waals surface area contributed by atoms with Crippen LogP contribution in [0.4, 0.5) is 24.8 Å². The number of benzene rings is 1. The van der Waals surface area contributed by atoms with E-state index in [9.17, 15) is 18.0 Å². The Hall–Kier alpha value is -2.35. The van der Waals surface area contributed by atoms with Gasteiger partial charge in [0.05, 0.1) is 16.3 Å². The maximum atomic E-state index is 12.8. The van der Waals surface area contributed by atoms with E-state index in [4.69, 9.17) is 11.6 Å². The molecule has 0 radical (unpaired) electrons. The first-order valence-corrected chi connectivity index (χ1v) is 7.32. The Balaban J connectivity index is 2.27. The number of anilines is 2. The van der Waals surface area contributed by atoms with Gasteiger partial charge in [0, 0.05) is 12.2 Å². The number of nitrogens with one attached hydrogen (secondary N) is 2. The third-order valence-electron chi connectivity index (χ3n) is 2.85. The molecule has 9 heteroatoms. The van der Waals surface area contributed by atoms with Crippen molar-refractivity contribution in [2.45, 2.75) is 26.1 Å². The zero-order chi connectivity index (χ0) is 17.9. The molecule has 2 aromatic rings. The molecular formula is C15H14ClF3N4O. The van der Waals surface area contributed by atoms with E-state index in [1.165, 1.54) is 12.3 Å². The van der Waals surface area contributed by atoms with Crippen LogP contribution in [0.25, 0.3) is 0 Å². The van der Waals surface area contributed by atoms with Crippen LogP contribution >= 0.6 is 11.6 Å². The molecule has 0 saturated heterocycles. The van der Waals surface area contributed by atoms with E-state index in [-0.39, 0.29) is 28.4 Å². The predicted octanol–water partition coefficient (Wildman–Crippen LogP) is 4.03. The van der Waals surface area contributed by atoms with Gasteiger partial charge in [0.2, 0.25) is 5.95 Å². The van der Waals surface area contributed by atoms with Crippen LogP contribution in [0.5, 0.6) is 0 Å². The summed E-state index contributed by atoms with van der Waals surface area (Å²) in [5.41, 5.74) is -0.777. The van der Waals surface area contributed by atoms with Gasteiger partial charge < -0.3 is 10.6 Å². The number of rotatable bonds is 4. The molecule has 0 fully saturated rings. The second-order valence-electron chi connectivity index (χ2n) is 5.21. The van der Waals surface area contributed by atoms with Crippen molar-refractivity contribution in [2.75, 3.05) is 5.32 Å². The smallest absolute Gasteiger partial charge is 0.349 e. The number of aromatic nitrogens is 2. The minimum atomic E-state index is -4.50. The molecule has 0 bridgehead atoms. The Morgan fingerprint density at radius 2 is 1.96 bits per heavy atom. The highest BCUT2D eigenvalue weighted by atomic mass is 35.5. The molecule has 1 amide bonds. The van der Waals surface area contributed by atoms with Crippen molar-refractivity contribution in [1.82, 2.24) is 15.3 Å². The van der Waals surface area contributed by atoms with Crippen molar-refractivity contribution in [3.05, 3.63) is 46.7 Å². The lowest BCUT2D eigenvalue weighted by molar-refractivity contribution is -0.137. The molecule has 1 aromatic carbocycles. The van der Waals surface area contributed by atoms with E-state index < -0.39 is 17.6 Å². The molecule has 0 aliphatic carbocycles. The summed E-state index contributed by atoms with van der Waals surface area (Å²) in [6, 6.07) is 4.17. The van der Waals surface area contributed by atoms with Crippen molar-refractivity contribution in [2.24, 2.45) is 0 Å². The second-order valence-corrected chi connectivity index (χ2v) is 5.62. The monoisotopic (exact) mass is 358 g/mol. The third kappa shape index (κ3) is 4.58. The average molecular weight is 359 g/mol. The maximum absolute atomic E-state index is 12.8. The van der Waals surface area contributed by atoms with E-state index in [1.807, 2.05) is 0 Å². The molecule has 2 rings (SSSR count).